The predicted octanol–water partition coefficient (Wildman–Crippen LogP) is 1.80. The number of rotatable bonds is 3. The Balaban J connectivity index is 1.86. The third-order valence-electron chi connectivity index (χ3n) is 3.44. The van der Waals surface area contributed by atoms with E-state index in [0.29, 0.717) is 28.7 Å². The van der Waals surface area contributed by atoms with Crippen molar-refractivity contribution < 1.29 is 13.2 Å². The molecule has 0 aromatic carbocycles. The highest BCUT2D eigenvalue weighted by Crippen LogP contribution is 2.28. The molecule has 1 aliphatic heterocycles. The van der Waals surface area contributed by atoms with Crippen LogP contribution in [0.15, 0.2) is 33.9 Å². The smallest absolute Gasteiger partial charge is 0.252 e. The Morgan fingerprint density at radius 3 is 2.95 bits per heavy atom. The summed E-state index contributed by atoms with van der Waals surface area (Å²) < 4.78 is 32.7. The lowest BCUT2D eigenvalue weighted by molar-refractivity contribution is -0.00491. The van der Waals surface area contributed by atoms with Gasteiger partial charge in [-0.15, -0.1) is 11.3 Å². The largest absolute Gasteiger partial charge is 0.399 e. The van der Waals surface area contributed by atoms with Gasteiger partial charge in [-0.2, -0.15) is 4.31 Å². The first-order valence-electron chi connectivity index (χ1n) is 6.86. The van der Waals surface area contributed by atoms with E-state index in [0.717, 1.165) is 5.69 Å². The highest BCUT2D eigenvalue weighted by Gasteiger charge is 2.32. The Bertz CT molecular complexity index is 739. The molecule has 2 N–H and O–H groups in total. The first-order valence-corrected chi connectivity index (χ1v) is 9.18. The standard InChI is InChI=1S/C14H17N3O3S2/c1-10-7-11(15)8-12(16-10)13-9-17(4-5-20-13)22(18,19)14-3-2-6-21-14/h2-3,6-8,13H,4-5,9H2,1H3,(H2,15,16). The normalized spacial score (nSPS) is 20.1. The van der Waals surface area contributed by atoms with Gasteiger partial charge in [0.25, 0.3) is 10.0 Å². The van der Waals surface area contributed by atoms with Crippen LogP contribution in [-0.2, 0) is 14.8 Å². The van der Waals surface area contributed by atoms with Crippen LogP contribution in [0, 0.1) is 6.92 Å². The number of thiophene rings is 1. The molecular formula is C14H17N3O3S2. The van der Waals surface area contributed by atoms with Crippen LogP contribution >= 0.6 is 11.3 Å². The SMILES string of the molecule is Cc1cc(N)cc(C2CN(S(=O)(=O)c3cccs3)CCO2)n1. The number of ether oxygens (including phenoxy) is 1. The van der Waals surface area contributed by atoms with Crippen molar-refractivity contribution in [3.63, 3.8) is 0 Å². The number of nitrogen functional groups attached to an aromatic ring is 1. The number of aryl methyl sites for hydroxylation is 1. The van der Waals surface area contributed by atoms with Crippen molar-refractivity contribution >= 4 is 27.0 Å². The molecule has 22 heavy (non-hydrogen) atoms. The summed E-state index contributed by atoms with van der Waals surface area (Å²) in [6, 6.07) is 6.86. The summed E-state index contributed by atoms with van der Waals surface area (Å²) in [5, 5.41) is 1.76. The maximum atomic E-state index is 12.6. The quantitative estimate of drug-likeness (QED) is 0.921. The van der Waals surface area contributed by atoms with Crippen molar-refractivity contribution in [2.24, 2.45) is 0 Å². The fourth-order valence-electron chi connectivity index (χ4n) is 2.45. The van der Waals surface area contributed by atoms with Crippen molar-refractivity contribution in [2.75, 3.05) is 25.4 Å². The van der Waals surface area contributed by atoms with Crippen LogP contribution in [0.5, 0.6) is 0 Å². The van der Waals surface area contributed by atoms with Gasteiger partial charge in [-0.05, 0) is 30.5 Å². The van der Waals surface area contributed by atoms with Gasteiger partial charge in [-0.3, -0.25) is 4.98 Å². The van der Waals surface area contributed by atoms with Gasteiger partial charge < -0.3 is 10.5 Å². The summed E-state index contributed by atoms with van der Waals surface area (Å²) >= 11 is 1.22. The molecule has 1 fully saturated rings. The maximum Gasteiger partial charge on any atom is 0.252 e. The summed E-state index contributed by atoms with van der Waals surface area (Å²) in [6.07, 6.45) is -0.398. The van der Waals surface area contributed by atoms with Gasteiger partial charge in [0.2, 0.25) is 0 Å². The Hall–Kier alpha value is -1.48. The molecule has 6 nitrogen and oxygen atoms in total. The lowest BCUT2D eigenvalue weighted by Crippen LogP contribution is -2.42. The zero-order valence-corrected chi connectivity index (χ0v) is 13.7. The van der Waals surface area contributed by atoms with Gasteiger partial charge in [0.05, 0.1) is 12.3 Å². The summed E-state index contributed by atoms with van der Waals surface area (Å²) in [4.78, 5) is 4.41. The molecule has 0 aliphatic carbocycles. The van der Waals surface area contributed by atoms with Crippen LogP contribution in [0.2, 0.25) is 0 Å². The second-order valence-corrected chi connectivity index (χ2v) is 8.23. The molecule has 0 spiro atoms. The van der Waals surface area contributed by atoms with Crippen molar-refractivity contribution in [3.05, 3.63) is 41.0 Å². The summed E-state index contributed by atoms with van der Waals surface area (Å²) in [5.74, 6) is 0. The molecular weight excluding hydrogens is 322 g/mol. The molecule has 3 heterocycles. The van der Waals surface area contributed by atoms with Gasteiger partial charge in [0.1, 0.15) is 10.3 Å². The monoisotopic (exact) mass is 339 g/mol. The number of sulfonamides is 1. The summed E-state index contributed by atoms with van der Waals surface area (Å²) in [6.45, 7) is 2.78. The van der Waals surface area contributed by atoms with Crippen LogP contribution in [0.25, 0.3) is 0 Å². The lowest BCUT2D eigenvalue weighted by Gasteiger charge is -2.31. The molecule has 118 valence electrons. The van der Waals surface area contributed by atoms with Crippen LogP contribution < -0.4 is 5.73 Å². The number of nitrogens with two attached hydrogens (primary N) is 1. The van der Waals surface area contributed by atoms with E-state index in [1.807, 2.05) is 6.92 Å². The fourth-order valence-corrected chi connectivity index (χ4v) is 5.02. The van der Waals surface area contributed by atoms with Gasteiger partial charge in [-0.1, -0.05) is 6.07 Å². The maximum absolute atomic E-state index is 12.6. The Morgan fingerprint density at radius 1 is 1.45 bits per heavy atom. The van der Waals surface area contributed by atoms with E-state index >= 15 is 0 Å². The number of hydrogen-bond donors (Lipinski definition) is 1. The first-order chi connectivity index (χ1) is 10.5. The van der Waals surface area contributed by atoms with Crippen LogP contribution in [0.4, 0.5) is 5.69 Å². The zero-order chi connectivity index (χ0) is 15.7. The van der Waals surface area contributed by atoms with Crippen molar-refractivity contribution in [1.29, 1.82) is 0 Å². The van der Waals surface area contributed by atoms with Crippen molar-refractivity contribution in [3.8, 4) is 0 Å². The molecule has 0 saturated carbocycles. The van der Waals surface area contributed by atoms with E-state index in [1.54, 1.807) is 29.6 Å². The van der Waals surface area contributed by atoms with Crippen molar-refractivity contribution in [1.82, 2.24) is 9.29 Å². The Labute approximate surface area is 133 Å². The fraction of sp³-hybridized carbons (Fsp3) is 0.357. The van der Waals surface area contributed by atoms with E-state index in [4.69, 9.17) is 10.5 Å². The molecule has 2 aromatic heterocycles. The second-order valence-electron chi connectivity index (χ2n) is 5.12. The van der Waals surface area contributed by atoms with E-state index in [1.165, 1.54) is 15.6 Å². The number of hydrogen-bond acceptors (Lipinski definition) is 6. The van der Waals surface area contributed by atoms with E-state index in [2.05, 4.69) is 4.98 Å². The molecule has 0 bridgehead atoms. The van der Waals surface area contributed by atoms with Gasteiger partial charge in [0.15, 0.2) is 0 Å². The molecule has 0 radical (unpaired) electrons. The van der Waals surface area contributed by atoms with Crippen LogP contribution in [0.1, 0.15) is 17.5 Å². The molecule has 1 saturated heterocycles. The van der Waals surface area contributed by atoms with Gasteiger partial charge in [-0.25, -0.2) is 8.42 Å². The van der Waals surface area contributed by atoms with E-state index in [-0.39, 0.29) is 6.54 Å². The molecule has 8 heteroatoms. The number of nitrogens with zero attached hydrogens (tertiary/aromatic N) is 2. The topological polar surface area (TPSA) is 85.5 Å². The Kier molecular flexibility index (Phi) is 4.18. The number of morpholine rings is 1. The highest BCUT2D eigenvalue weighted by molar-refractivity contribution is 7.91. The summed E-state index contributed by atoms with van der Waals surface area (Å²) in [5.41, 5.74) is 7.90. The molecule has 3 rings (SSSR count). The molecule has 1 unspecified atom stereocenters. The number of anilines is 1. The van der Waals surface area contributed by atoms with Crippen molar-refractivity contribution in [2.45, 2.75) is 17.2 Å². The number of pyridine rings is 1. The molecule has 1 aliphatic rings. The van der Waals surface area contributed by atoms with E-state index in [9.17, 15) is 8.42 Å². The lowest BCUT2D eigenvalue weighted by atomic mass is 10.2. The van der Waals surface area contributed by atoms with Crippen LogP contribution in [0.3, 0.4) is 0 Å². The summed E-state index contributed by atoms with van der Waals surface area (Å²) in [7, 11) is -3.47. The molecule has 2 aromatic rings. The molecule has 1 atom stereocenters. The minimum Gasteiger partial charge on any atom is -0.399 e. The molecule has 0 amide bonds. The third-order valence-corrected chi connectivity index (χ3v) is 6.68. The van der Waals surface area contributed by atoms with Gasteiger partial charge >= 0.3 is 0 Å². The minimum atomic E-state index is -3.47. The Morgan fingerprint density at radius 2 is 2.27 bits per heavy atom. The third kappa shape index (κ3) is 3.00. The predicted molar refractivity (Wildman–Crippen MR) is 85.2 cm³/mol. The van der Waals surface area contributed by atoms with Crippen LogP contribution in [-0.4, -0.2) is 37.4 Å². The highest BCUT2D eigenvalue weighted by atomic mass is 32.2. The average Bonchev–Trinajstić information content (AvgIpc) is 3.01. The second kappa shape index (κ2) is 5.96. The number of aromatic nitrogens is 1. The minimum absolute atomic E-state index is 0.246. The van der Waals surface area contributed by atoms with Gasteiger partial charge in [0, 0.05) is 24.5 Å². The van der Waals surface area contributed by atoms with E-state index < -0.39 is 16.1 Å². The first kappa shape index (κ1) is 15.4. The average molecular weight is 339 g/mol. The zero-order valence-electron chi connectivity index (χ0n) is 12.1.